The number of ether oxygens (including phenoxy) is 4. The van der Waals surface area contributed by atoms with E-state index in [-0.39, 0.29) is 0 Å². The van der Waals surface area contributed by atoms with Gasteiger partial charge in [-0.15, -0.1) is 0 Å². The molecular weight excluding hydrogens is 400 g/mol. The van der Waals surface area contributed by atoms with E-state index in [2.05, 4.69) is 0 Å². The molecule has 1 heterocycles. The lowest BCUT2D eigenvalue weighted by atomic mass is 10.2. The van der Waals surface area contributed by atoms with Crippen LogP contribution in [0.3, 0.4) is 0 Å². The first-order chi connectivity index (χ1) is 13.9. The number of hydrogen-bond donors (Lipinski definition) is 0. The lowest BCUT2D eigenvalue weighted by molar-refractivity contribution is -0.166. The Morgan fingerprint density at radius 1 is 0.724 bits per heavy atom. The van der Waals surface area contributed by atoms with Crippen LogP contribution in [0.25, 0.3) is 0 Å². The molecule has 29 heavy (non-hydrogen) atoms. The Labute approximate surface area is 168 Å². The van der Waals surface area contributed by atoms with Gasteiger partial charge in [0.2, 0.25) is 0 Å². The second-order valence-corrected chi connectivity index (χ2v) is 8.49. The lowest BCUT2D eigenvalue weighted by Crippen LogP contribution is -2.36. The molecule has 0 saturated carbocycles. The first-order valence-electron chi connectivity index (χ1n) is 8.86. The van der Waals surface area contributed by atoms with Crippen molar-refractivity contribution >= 4 is 21.8 Å². The van der Waals surface area contributed by atoms with Gasteiger partial charge in [-0.1, -0.05) is 36.4 Å². The van der Waals surface area contributed by atoms with Crippen molar-refractivity contribution < 1.29 is 37.0 Å². The minimum absolute atomic E-state index is 0.391. The first kappa shape index (κ1) is 20.7. The molecule has 1 aliphatic heterocycles. The van der Waals surface area contributed by atoms with Gasteiger partial charge in [0.25, 0.3) is 0 Å². The molecule has 0 radical (unpaired) electrons. The topological polar surface area (TPSA) is 105 Å². The maximum Gasteiger partial charge on any atom is 0.344 e. The molecule has 2 atom stereocenters. The molecule has 0 aliphatic carbocycles. The Hall–Kier alpha value is -3.07. The number of hydrogen-bond acceptors (Lipinski definition) is 8. The van der Waals surface area contributed by atoms with Crippen molar-refractivity contribution in [2.75, 3.05) is 24.7 Å². The van der Waals surface area contributed by atoms with Gasteiger partial charge in [0, 0.05) is 0 Å². The maximum absolute atomic E-state index is 12.0. The second kappa shape index (κ2) is 9.42. The van der Waals surface area contributed by atoms with Crippen LogP contribution in [-0.4, -0.2) is 57.3 Å². The summed E-state index contributed by atoms with van der Waals surface area (Å²) in [5.41, 5.74) is 0. The number of rotatable bonds is 8. The van der Waals surface area contributed by atoms with Crippen molar-refractivity contribution in [3.05, 3.63) is 60.7 Å². The summed E-state index contributed by atoms with van der Waals surface area (Å²) in [6, 6.07) is 17.3. The summed E-state index contributed by atoms with van der Waals surface area (Å²) in [6.45, 7) is -0.781. The number of para-hydroxylation sites is 2. The van der Waals surface area contributed by atoms with Crippen LogP contribution in [0.2, 0.25) is 0 Å². The van der Waals surface area contributed by atoms with Crippen LogP contribution < -0.4 is 9.47 Å². The molecule has 1 saturated heterocycles. The van der Waals surface area contributed by atoms with E-state index in [1.165, 1.54) is 0 Å². The normalized spacial score (nSPS) is 19.9. The van der Waals surface area contributed by atoms with E-state index in [1.54, 1.807) is 60.7 Å². The summed E-state index contributed by atoms with van der Waals surface area (Å²) in [5, 5.41) is 0. The van der Waals surface area contributed by atoms with E-state index in [1.807, 2.05) is 0 Å². The van der Waals surface area contributed by atoms with E-state index < -0.39 is 58.7 Å². The van der Waals surface area contributed by atoms with Gasteiger partial charge < -0.3 is 18.9 Å². The van der Waals surface area contributed by atoms with Gasteiger partial charge in [0.05, 0.1) is 11.5 Å². The minimum Gasteiger partial charge on any atom is -0.482 e. The van der Waals surface area contributed by atoms with Gasteiger partial charge in [0.15, 0.2) is 35.3 Å². The third-order valence-corrected chi connectivity index (χ3v) is 5.69. The van der Waals surface area contributed by atoms with E-state index in [9.17, 15) is 18.0 Å². The summed E-state index contributed by atoms with van der Waals surface area (Å²) in [5.74, 6) is -1.38. The Balaban J connectivity index is 1.51. The third-order valence-electron chi connectivity index (χ3n) is 4.02. The highest BCUT2D eigenvalue weighted by atomic mass is 32.2. The molecule has 8 nitrogen and oxygen atoms in total. The van der Waals surface area contributed by atoms with Crippen LogP contribution in [0.5, 0.6) is 11.5 Å². The molecule has 0 bridgehead atoms. The fraction of sp³-hybridized carbons (Fsp3) is 0.300. The van der Waals surface area contributed by atoms with Crippen molar-refractivity contribution in [1.29, 1.82) is 0 Å². The zero-order valence-electron chi connectivity index (χ0n) is 15.4. The van der Waals surface area contributed by atoms with Crippen molar-refractivity contribution in [2.24, 2.45) is 0 Å². The molecule has 9 heteroatoms. The van der Waals surface area contributed by atoms with Crippen LogP contribution >= 0.6 is 0 Å². The Morgan fingerprint density at radius 3 is 1.48 bits per heavy atom. The minimum atomic E-state index is -3.51. The summed E-state index contributed by atoms with van der Waals surface area (Å²) in [6.07, 6.45) is -2.18. The van der Waals surface area contributed by atoms with Crippen LogP contribution in [0.4, 0.5) is 0 Å². The molecular formula is C20H20O8S. The quantitative estimate of drug-likeness (QED) is 0.590. The number of esters is 2. The van der Waals surface area contributed by atoms with Gasteiger partial charge in [-0.05, 0) is 24.3 Å². The lowest BCUT2D eigenvalue weighted by Gasteiger charge is -2.19. The monoisotopic (exact) mass is 420 g/mol. The predicted molar refractivity (Wildman–Crippen MR) is 102 cm³/mol. The largest absolute Gasteiger partial charge is 0.482 e. The van der Waals surface area contributed by atoms with Crippen LogP contribution in [-0.2, 0) is 28.9 Å². The molecule has 0 N–H and O–H groups in total. The smallest absolute Gasteiger partial charge is 0.344 e. The predicted octanol–water partition coefficient (Wildman–Crippen LogP) is 1.40. The first-order valence-corrected chi connectivity index (χ1v) is 10.7. The second-order valence-electron chi connectivity index (χ2n) is 6.34. The SMILES string of the molecule is O=C(COc1ccccc1)OC1CS(=O)(=O)CC1OC(=O)COc1ccccc1. The summed E-state index contributed by atoms with van der Waals surface area (Å²) >= 11 is 0. The Bertz CT molecular complexity index is 856. The zero-order chi connectivity index (χ0) is 20.7. The molecule has 0 spiro atoms. The van der Waals surface area contributed by atoms with Gasteiger partial charge in [-0.2, -0.15) is 0 Å². The van der Waals surface area contributed by atoms with Crippen LogP contribution in [0.1, 0.15) is 0 Å². The number of carbonyl (C=O) groups excluding carboxylic acids is 2. The zero-order valence-corrected chi connectivity index (χ0v) is 16.2. The molecule has 2 aromatic rings. The average molecular weight is 420 g/mol. The Kier molecular flexibility index (Phi) is 6.71. The molecule has 2 unspecified atom stereocenters. The Morgan fingerprint density at radius 2 is 1.10 bits per heavy atom. The van der Waals surface area contributed by atoms with Crippen LogP contribution in [0, 0.1) is 0 Å². The van der Waals surface area contributed by atoms with Crippen molar-refractivity contribution in [3.8, 4) is 11.5 Å². The van der Waals surface area contributed by atoms with E-state index in [4.69, 9.17) is 18.9 Å². The highest BCUT2D eigenvalue weighted by Gasteiger charge is 2.43. The fourth-order valence-electron chi connectivity index (χ4n) is 2.73. The molecule has 3 rings (SSSR count). The fourth-order valence-corrected chi connectivity index (χ4v) is 4.43. The molecule has 1 fully saturated rings. The van der Waals surface area contributed by atoms with Gasteiger partial charge in [-0.25, -0.2) is 18.0 Å². The number of sulfone groups is 1. The number of benzene rings is 2. The average Bonchev–Trinajstić information content (AvgIpc) is 2.99. The summed E-state index contributed by atoms with van der Waals surface area (Å²) in [7, 11) is -3.51. The molecule has 1 aliphatic rings. The van der Waals surface area contributed by atoms with Crippen LogP contribution in [0.15, 0.2) is 60.7 Å². The summed E-state index contributed by atoms with van der Waals surface area (Å²) < 4.78 is 44.8. The highest BCUT2D eigenvalue weighted by molar-refractivity contribution is 7.91. The molecule has 154 valence electrons. The van der Waals surface area contributed by atoms with Gasteiger partial charge >= 0.3 is 11.9 Å². The number of carbonyl (C=O) groups is 2. The van der Waals surface area contributed by atoms with Crippen molar-refractivity contribution in [1.82, 2.24) is 0 Å². The third kappa shape index (κ3) is 6.49. The highest BCUT2D eigenvalue weighted by Crippen LogP contribution is 2.20. The van der Waals surface area contributed by atoms with Crippen molar-refractivity contribution in [3.63, 3.8) is 0 Å². The molecule has 2 aromatic carbocycles. The molecule has 0 amide bonds. The van der Waals surface area contributed by atoms with Gasteiger partial charge in [0.1, 0.15) is 11.5 Å². The molecule has 0 aromatic heterocycles. The van der Waals surface area contributed by atoms with Gasteiger partial charge in [-0.3, -0.25) is 0 Å². The van der Waals surface area contributed by atoms with E-state index >= 15 is 0 Å². The van der Waals surface area contributed by atoms with E-state index in [0.717, 1.165) is 0 Å². The standard InChI is InChI=1S/C20H20O8S/c21-19(11-25-15-7-3-1-4-8-15)27-17-13-29(23,24)14-18(17)28-20(22)12-26-16-9-5-2-6-10-16/h1-10,17-18H,11-14H2. The van der Waals surface area contributed by atoms with E-state index in [0.29, 0.717) is 11.5 Å². The maximum atomic E-state index is 12.0. The summed E-state index contributed by atoms with van der Waals surface area (Å²) in [4.78, 5) is 24.0. The van der Waals surface area contributed by atoms with Crippen molar-refractivity contribution in [2.45, 2.75) is 12.2 Å².